The molecular formula is C27H24N2O5S. The van der Waals surface area contributed by atoms with Crippen molar-refractivity contribution in [3.05, 3.63) is 94.9 Å². The second kappa shape index (κ2) is 10.9. The molecule has 0 aliphatic carbocycles. The van der Waals surface area contributed by atoms with Gasteiger partial charge in [-0.25, -0.2) is 9.79 Å². The molecule has 0 radical (unpaired) electrons. The molecule has 178 valence electrons. The fourth-order valence-electron chi connectivity index (χ4n) is 3.41. The SMILES string of the molecule is COc1cccc(/C=C2\SC(=Nc3ccccc3)N(Cc3ccccc3)C2=O)c1O[C@@H](C)C(=O)O. The number of para-hydroxylation sites is 2. The molecule has 7 nitrogen and oxygen atoms in total. The van der Waals surface area contributed by atoms with Crippen molar-refractivity contribution in [2.24, 2.45) is 4.99 Å². The first kappa shape index (κ1) is 24.1. The number of aliphatic imine (C=N–C) groups is 1. The zero-order valence-electron chi connectivity index (χ0n) is 19.3. The number of carbonyl (C=O) groups excluding carboxylic acids is 1. The predicted molar refractivity (Wildman–Crippen MR) is 137 cm³/mol. The van der Waals surface area contributed by atoms with Crippen molar-refractivity contribution in [3.8, 4) is 11.5 Å². The highest BCUT2D eigenvalue weighted by Gasteiger charge is 2.34. The number of hydrogen-bond donors (Lipinski definition) is 1. The second-order valence-corrected chi connectivity index (χ2v) is 8.70. The average molecular weight is 489 g/mol. The fraction of sp³-hybridized carbons (Fsp3) is 0.148. The Kier molecular flexibility index (Phi) is 7.52. The van der Waals surface area contributed by atoms with Gasteiger partial charge in [0.25, 0.3) is 5.91 Å². The van der Waals surface area contributed by atoms with Crippen LogP contribution in [0.25, 0.3) is 6.08 Å². The van der Waals surface area contributed by atoms with Crippen LogP contribution in [0.5, 0.6) is 11.5 Å². The summed E-state index contributed by atoms with van der Waals surface area (Å²) in [6.07, 6.45) is 0.588. The van der Waals surface area contributed by atoms with Crippen LogP contribution in [-0.4, -0.2) is 40.3 Å². The summed E-state index contributed by atoms with van der Waals surface area (Å²) < 4.78 is 11.1. The minimum Gasteiger partial charge on any atom is -0.493 e. The van der Waals surface area contributed by atoms with Crippen molar-refractivity contribution in [1.82, 2.24) is 4.90 Å². The molecule has 1 aliphatic heterocycles. The summed E-state index contributed by atoms with van der Waals surface area (Å²) in [6.45, 7) is 1.81. The Morgan fingerprint density at radius 3 is 2.40 bits per heavy atom. The van der Waals surface area contributed by atoms with Crippen LogP contribution < -0.4 is 9.47 Å². The number of rotatable bonds is 8. The summed E-state index contributed by atoms with van der Waals surface area (Å²) in [7, 11) is 1.48. The lowest BCUT2D eigenvalue weighted by Gasteiger charge is -2.16. The molecule has 0 bridgehead atoms. The van der Waals surface area contributed by atoms with E-state index in [0.717, 1.165) is 11.3 Å². The van der Waals surface area contributed by atoms with Gasteiger partial charge in [0.05, 0.1) is 24.2 Å². The Bertz CT molecular complexity index is 1280. The van der Waals surface area contributed by atoms with Gasteiger partial charge in [0.1, 0.15) is 0 Å². The third kappa shape index (κ3) is 5.73. The summed E-state index contributed by atoms with van der Waals surface area (Å²) >= 11 is 1.26. The van der Waals surface area contributed by atoms with Crippen LogP contribution in [0, 0.1) is 0 Å². The highest BCUT2D eigenvalue weighted by molar-refractivity contribution is 8.18. The maximum atomic E-state index is 13.5. The molecule has 4 rings (SSSR count). The number of ether oxygens (including phenoxy) is 2. The summed E-state index contributed by atoms with van der Waals surface area (Å²) in [4.78, 5) is 31.7. The Balaban J connectivity index is 1.74. The van der Waals surface area contributed by atoms with E-state index in [2.05, 4.69) is 0 Å². The largest absolute Gasteiger partial charge is 0.493 e. The predicted octanol–water partition coefficient (Wildman–Crippen LogP) is 5.35. The molecule has 0 saturated carbocycles. The number of amidine groups is 1. The number of benzene rings is 3. The molecule has 8 heteroatoms. The van der Waals surface area contributed by atoms with Crippen molar-refractivity contribution in [3.63, 3.8) is 0 Å². The fourth-order valence-corrected chi connectivity index (χ4v) is 4.40. The van der Waals surface area contributed by atoms with E-state index < -0.39 is 12.1 Å². The first-order valence-corrected chi connectivity index (χ1v) is 11.7. The van der Waals surface area contributed by atoms with Gasteiger partial charge >= 0.3 is 5.97 Å². The highest BCUT2D eigenvalue weighted by atomic mass is 32.2. The van der Waals surface area contributed by atoms with Crippen molar-refractivity contribution in [2.75, 3.05) is 7.11 Å². The molecule has 3 aromatic carbocycles. The maximum absolute atomic E-state index is 13.5. The molecule has 0 aromatic heterocycles. The normalized spacial score (nSPS) is 16.5. The molecule has 35 heavy (non-hydrogen) atoms. The topological polar surface area (TPSA) is 88.4 Å². The van der Waals surface area contributed by atoms with Crippen LogP contribution in [0.4, 0.5) is 5.69 Å². The quantitative estimate of drug-likeness (QED) is 0.430. The van der Waals surface area contributed by atoms with Gasteiger partial charge in [-0.3, -0.25) is 9.69 Å². The number of nitrogens with zero attached hydrogens (tertiary/aromatic N) is 2. The summed E-state index contributed by atoms with van der Waals surface area (Å²) in [5, 5.41) is 9.87. The van der Waals surface area contributed by atoms with Crippen molar-refractivity contribution < 1.29 is 24.2 Å². The molecule has 1 amide bonds. The van der Waals surface area contributed by atoms with E-state index in [4.69, 9.17) is 14.5 Å². The molecule has 0 unspecified atom stereocenters. The van der Waals surface area contributed by atoms with Crippen LogP contribution in [0.3, 0.4) is 0 Å². The van der Waals surface area contributed by atoms with E-state index in [1.54, 1.807) is 29.2 Å². The molecular weight excluding hydrogens is 464 g/mol. The lowest BCUT2D eigenvalue weighted by Crippen LogP contribution is -2.28. The van der Waals surface area contributed by atoms with Crippen LogP contribution in [0.2, 0.25) is 0 Å². The van der Waals surface area contributed by atoms with Gasteiger partial charge in [-0.1, -0.05) is 60.7 Å². The average Bonchev–Trinajstić information content (AvgIpc) is 3.15. The molecule has 1 fully saturated rings. The first-order valence-electron chi connectivity index (χ1n) is 10.9. The van der Waals surface area contributed by atoms with Crippen LogP contribution in [-0.2, 0) is 16.1 Å². The van der Waals surface area contributed by atoms with E-state index in [9.17, 15) is 14.7 Å². The number of hydrogen-bond acceptors (Lipinski definition) is 6. The van der Waals surface area contributed by atoms with E-state index in [1.165, 1.54) is 25.8 Å². The van der Waals surface area contributed by atoms with E-state index in [-0.39, 0.29) is 11.7 Å². The van der Waals surface area contributed by atoms with E-state index in [0.29, 0.717) is 27.9 Å². The molecule has 3 aromatic rings. The van der Waals surface area contributed by atoms with Gasteiger partial charge in [0.2, 0.25) is 0 Å². The molecule has 0 spiro atoms. The number of carbonyl (C=O) groups is 2. The minimum absolute atomic E-state index is 0.200. The van der Waals surface area contributed by atoms with Gasteiger partial charge in [-0.15, -0.1) is 0 Å². The summed E-state index contributed by atoms with van der Waals surface area (Å²) in [5.74, 6) is -0.670. The first-order chi connectivity index (χ1) is 17.0. The number of amides is 1. The molecule has 1 aliphatic rings. The third-order valence-corrected chi connectivity index (χ3v) is 6.22. The van der Waals surface area contributed by atoms with E-state index >= 15 is 0 Å². The van der Waals surface area contributed by atoms with Gasteiger partial charge < -0.3 is 14.6 Å². The molecule has 1 N–H and O–H groups in total. The zero-order chi connectivity index (χ0) is 24.8. The Morgan fingerprint density at radius 2 is 1.74 bits per heavy atom. The smallest absolute Gasteiger partial charge is 0.344 e. The van der Waals surface area contributed by atoms with Crippen LogP contribution in [0.1, 0.15) is 18.1 Å². The van der Waals surface area contributed by atoms with E-state index in [1.807, 2.05) is 60.7 Å². The molecule has 1 saturated heterocycles. The standard InChI is InChI=1S/C27H24N2O5S/c1-18(26(31)32)34-24-20(12-9-15-22(24)33-2)16-23-25(30)29(17-19-10-5-3-6-11-19)27(35-23)28-21-13-7-4-8-14-21/h3-16,18H,17H2,1-2H3,(H,31,32)/b23-16-,28-27?/t18-/m0/s1. The van der Waals surface area contributed by atoms with Gasteiger partial charge in [0, 0.05) is 5.56 Å². The summed E-state index contributed by atoms with van der Waals surface area (Å²) in [6, 6.07) is 24.3. The second-order valence-electron chi connectivity index (χ2n) is 7.69. The number of carboxylic acid groups (broad SMARTS) is 1. The number of aliphatic carboxylic acids is 1. The lowest BCUT2D eigenvalue weighted by molar-refractivity contribution is -0.144. The Morgan fingerprint density at radius 1 is 1.06 bits per heavy atom. The highest BCUT2D eigenvalue weighted by Crippen LogP contribution is 2.39. The van der Waals surface area contributed by atoms with Crippen LogP contribution >= 0.6 is 11.8 Å². The molecule has 1 heterocycles. The monoisotopic (exact) mass is 488 g/mol. The van der Waals surface area contributed by atoms with Crippen molar-refractivity contribution in [1.29, 1.82) is 0 Å². The van der Waals surface area contributed by atoms with Gasteiger partial charge in [0.15, 0.2) is 22.8 Å². The van der Waals surface area contributed by atoms with Gasteiger partial charge in [-0.2, -0.15) is 0 Å². The lowest BCUT2D eigenvalue weighted by atomic mass is 10.1. The Labute approximate surface area is 207 Å². The number of thioether (sulfide) groups is 1. The zero-order valence-corrected chi connectivity index (χ0v) is 20.1. The maximum Gasteiger partial charge on any atom is 0.344 e. The van der Waals surface area contributed by atoms with Gasteiger partial charge in [-0.05, 0) is 48.5 Å². The number of carboxylic acids is 1. The Hall–Kier alpha value is -4.04. The molecule has 1 atom stereocenters. The number of methoxy groups -OCH3 is 1. The third-order valence-electron chi connectivity index (χ3n) is 5.21. The van der Waals surface area contributed by atoms with Crippen molar-refractivity contribution in [2.45, 2.75) is 19.6 Å². The summed E-state index contributed by atoms with van der Waals surface area (Å²) in [5.41, 5.74) is 2.25. The van der Waals surface area contributed by atoms with Crippen molar-refractivity contribution >= 4 is 40.6 Å². The minimum atomic E-state index is -1.10. The van der Waals surface area contributed by atoms with Crippen LogP contribution in [0.15, 0.2) is 88.8 Å².